The fourth-order valence-electron chi connectivity index (χ4n) is 2.34. The molecule has 0 fully saturated rings. The van der Waals surface area contributed by atoms with Crippen LogP contribution in [0.3, 0.4) is 0 Å². The number of anilines is 1. The number of methoxy groups -OCH3 is 2. The van der Waals surface area contributed by atoms with Gasteiger partial charge in [0.15, 0.2) is 6.61 Å². The second-order valence-electron chi connectivity index (χ2n) is 5.63. The molecule has 0 atom stereocenters. The number of carbonyl (C=O) groups is 4. The van der Waals surface area contributed by atoms with Crippen LogP contribution >= 0.6 is 0 Å². The number of benzene rings is 2. The molecule has 9 nitrogen and oxygen atoms in total. The standard InChI is InChI=1S/C20H20N2O7/c1-27-16-10-6-4-8-14(16)19(25)21-11-18(24)29-12-17(23)22-15-9-5-3-7-13(15)20(26)28-2/h3-10H,11-12H2,1-2H3,(H,21,25)(H,22,23). The van der Waals surface area contributed by atoms with Crippen molar-refractivity contribution in [1.29, 1.82) is 0 Å². The van der Waals surface area contributed by atoms with E-state index in [1.165, 1.54) is 26.4 Å². The van der Waals surface area contributed by atoms with Crippen LogP contribution in [-0.2, 0) is 19.1 Å². The Morgan fingerprint density at radius 2 is 1.55 bits per heavy atom. The zero-order valence-electron chi connectivity index (χ0n) is 15.9. The molecule has 29 heavy (non-hydrogen) atoms. The summed E-state index contributed by atoms with van der Waals surface area (Å²) in [6, 6.07) is 12.8. The average molecular weight is 400 g/mol. The molecule has 0 spiro atoms. The van der Waals surface area contributed by atoms with Gasteiger partial charge in [0.2, 0.25) is 0 Å². The van der Waals surface area contributed by atoms with E-state index in [0.29, 0.717) is 5.75 Å². The van der Waals surface area contributed by atoms with Crippen LogP contribution in [0.15, 0.2) is 48.5 Å². The predicted molar refractivity (Wildman–Crippen MR) is 103 cm³/mol. The van der Waals surface area contributed by atoms with Crippen molar-refractivity contribution in [2.45, 2.75) is 0 Å². The smallest absolute Gasteiger partial charge is 0.339 e. The Balaban J connectivity index is 1.83. The second-order valence-corrected chi connectivity index (χ2v) is 5.63. The molecule has 0 bridgehead atoms. The van der Waals surface area contributed by atoms with Gasteiger partial charge in [0.25, 0.3) is 11.8 Å². The molecule has 0 aliphatic heterocycles. The molecule has 0 saturated heterocycles. The Bertz CT molecular complexity index is 911. The van der Waals surface area contributed by atoms with Crippen LogP contribution in [0.2, 0.25) is 0 Å². The normalized spacial score (nSPS) is 9.86. The SMILES string of the molecule is COC(=O)c1ccccc1NC(=O)COC(=O)CNC(=O)c1ccccc1OC. The van der Waals surface area contributed by atoms with Crippen LogP contribution in [0.1, 0.15) is 20.7 Å². The first kappa shape index (κ1) is 21.4. The molecule has 2 aromatic carbocycles. The molecule has 2 amide bonds. The van der Waals surface area contributed by atoms with E-state index in [2.05, 4.69) is 15.4 Å². The summed E-state index contributed by atoms with van der Waals surface area (Å²) in [6.07, 6.45) is 0. The largest absolute Gasteiger partial charge is 0.496 e. The van der Waals surface area contributed by atoms with E-state index in [1.54, 1.807) is 36.4 Å². The van der Waals surface area contributed by atoms with Gasteiger partial charge in [-0.3, -0.25) is 14.4 Å². The van der Waals surface area contributed by atoms with E-state index in [1.807, 2.05) is 0 Å². The monoisotopic (exact) mass is 400 g/mol. The Labute approximate surface area is 166 Å². The van der Waals surface area contributed by atoms with E-state index >= 15 is 0 Å². The van der Waals surface area contributed by atoms with Gasteiger partial charge in [-0.15, -0.1) is 0 Å². The average Bonchev–Trinajstić information content (AvgIpc) is 2.75. The van der Waals surface area contributed by atoms with Gasteiger partial charge in [0, 0.05) is 0 Å². The number of ether oxygens (including phenoxy) is 3. The number of hydrogen-bond donors (Lipinski definition) is 2. The Morgan fingerprint density at radius 1 is 0.897 bits per heavy atom. The zero-order valence-corrected chi connectivity index (χ0v) is 15.9. The molecule has 0 unspecified atom stereocenters. The minimum Gasteiger partial charge on any atom is -0.496 e. The molecule has 2 aromatic rings. The van der Waals surface area contributed by atoms with Crippen LogP contribution in [0.5, 0.6) is 5.75 Å². The van der Waals surface area contributed by atoms with Crippen molar-refractivity contribution >= 4 is 29.4 Å². The van der Waals surface area contributed by atoms with Gasteiger partial charge in [-0.2, -0.15) is 0 Å². The van der Waals surface area contributed by atoms with Gasteiger partial charge < -0.3 is 24.8 Å². The summed E-state index contributed by atoms with van der Waals surface area (Å²) in [6.45, 7) is -1.01. The summed E-state index contributed by atoms with van der Waals surface area (Å²) in [7, 11) is 2.65. The molecule has 152 valence electrons. The van der Waals surface area contributed by atoms with Crippen molar-refractivity contribution in [3.63, 3.8) is 0 Å². The molecule has 0 aliphatic rings. The molecule has 2 N–H and O–H groups in total. The van der Waals surface area contributed by atoms with Crippen molar-refractivity contribution in [3.05, 3.63) is 59.7 Å². The molecule has 0 heterocycles. The maximum Gasteiger partial charge on any atom is 0.339 e. The molecular weight excluding hydrogens is 380 g/mol. The molecule has 0 aromatic heterocycles. The fourth-order valence-corrected chi connectivity index (χ4v) is 2.34. The van der Waals surface area contributed by atoms with Crippen molar-refractivity contribution in [3.8, 4) is 5.75 Å². The highest BCUT2D eigenvalue weighted by Gasteiger charge is 2.16. The number of nitrogens with one attached hydrogen (secondary N) is 2. The maximum atomic E-state index is 12.1. The first-order valence-electron chi connectivity index (χ1n) is 8.50. The lowest BCUT2D eigenvalue weighted by Crippen LogP contribution is -2.32. The molecule has 0 radical (unpaired) electrons. The maximum absolute atomic E-state index is 12.1. The van der Waals surface area contributed by atoms with E-state index in [4.69, 9.17) is 9.47 Å². The third-order valence-electron chi connectivity index (χ3n) is 3.72. The van der Waals surface area contributed by atoms with Crippen LogP contribution in [0, 0.1) is 0 Å². The number of carbonyl (C=O) groups excluding carboxylic acids is 4. The lowest BCUT2D eigenvalue weighted by Gasteiger charge is -2.11. The number of para-hydroxylation sites is 2. The van der Waals surface area contributed by atoms with Gasteiger partial charge in [-0.05, 0) is 24.3 Å². The third-order valence-corrected chi connectivity index (χ3v) is 3.72. The molecular formula is C20H20N2O7. The number of amides is 2. The number of rotatable bonds is 8. The lowest BCUT2D eigenvalue weighted by molar-refractivity contribution is -0.146. The van der Waals surface area contributed by atoms with Gasteiger partial charge in [-0.1, -0.05) is 24.3 Å². The molecule has 2 rings (SSSR count). The van der Waals surface area contributed by atoms with Crippen molar-refractivity contribution in [2.75, 3.05) is 32.7 Å². The van der Waals surface area contributed by atoms with Gasteiger partial charge in [-0.25, -0.2) is 4.79 Å². The van der Waals surface area contributed by atoms with E-state index < -0.39 is 36.9 Å². The number of esters is 2. The summed E-state index contributed by atoms with van der Waals surface area (Å²) in [5, 5.41) is 4.86. The van der Waals surface area contributed by atoms with Crippen LogP contribution in [0.25, 0.3) is 0 Å². The highest BCUT2D eigenvalue weighted by Crippen LogP contribution is 2.17. The van der Waals surface area contributed by atoms with Crippen molar-refractivity contribution in [1.82, 2.24) is 5.32 Å². The minimum absolute atomic E-state index is 0.166. The molecule has 9 heteroatoms. The van der Waals surface area contributed by atoms with Crippen LogP contribution in [0.4, 0.5) is 5.69 Å². The van der Waals surface area contributed by atoms with Gasteiger partial charge in [0.1, 0.15) is 12.3 Å². The summed E-state index contributed by atoms with van der Waals surface area (Å²) >= 11 is 0. The first-order valence-corrected chi connectivity index (χ1v) is 8.50. The van der Waals surface area contributed by atoms with Crippen LogP contribution in [-0.4, -0.2) is 51.1 Å². The van der Waals surface area contributed by atoms with Crippen molar-refractivity contribution < 1.29 is 33.4 Å². The van der Waals surface area contributed by atoms with E-state index in [-0.39, 0.29) is 16.8 Å². The van der Waals surface area contributed by atoms with E-state index in [0.717, 1.165) is 0 Å². The first-order chi connectivity index (χ1) is 14.0. The lowest BCUT2D eigenvalue weighted by atomic mass is 10.2. The second kappa shape index (κ2) is 10.5. The van der Waals surface area contributed by atoms with Crippen LogP contribution < -0.4 is 15.4 Å². The van der Waals surface area contributed by atoms with Gasteiger partial charge in [0.05, 0.1) is 31.0 Å². The minimum atomic E-state index is -0.801. The summed E-state index contributed by atoms with van der Waals surface area (Å²) in [4.78, 5) is 47.6. The quantitative estimate of drug-likeness (QED) is 0.643. The third kappa shape index (κ3) is 6.06. The van der Waals surface area contributed by atoms with Gasteiger partial charge >= 0.3 is 11.9 Å². The summed E-state index contributed by atoms with van der Waals surface area (Å²) < 4.78 is 14.6. The highest BCUT2D eigenvalue weighted by atomic mass is 16.5. The Kier molecular flexibility index (Phi) is 7.72. The summed E-state index contributed by atoms with van der Waals surface area (Å²) in [5.41, 5.74) is 0.656. The summed E-state index contributed by atoms with van der Waals surface area (Å²) in [5.74, 6) is -2.22. The predicted octanol–water partition coefficient (Wildman–Crippen LogP) is 1.39. The Morgan fingerprint density at radius 3 is 2.24 bits per heavy atom. The van der Waals surface area contributed by atoms with E-state index in [9.17, 15) is 19.2 Å². The topological polar surface area (TPSA) is 120 Å². The molecule has 0 saturated carbocycles. The van der Waals surface area contributed by atoms with Crippen molar-refractivity contribution in [2.24, 2.45) is 0 Å². The Hall–Kier alpha value is -3.88. The highest BCUT2D eigenvalue weighted by molar-refractivity contribution is 6.02. The zero-order chi connectivity index (χ0) is 21.2. The number of hydrogen-bond acceptors (Lipinski definition) is 7. The molecule has 0 aliphatic carbocycles. The fraction of sp³-hybridized carbons (Fsp3) is 0.200.